The molecule has 0 radical (unpaired) electrons. The van der Waals surface area contributed by atoms with Gasteiger partial charge in [-0.3, -0.25) is 9.59 Å². The number of amides is 2. The number of hydrogen-bond acceptors (Lipinski definition) is 5. The lowest BCUT2D eigenvalue weighted by Crippen LogP contribution is -2.47. The van der Waals surface area contributed by atoms with Crippen LogP contribution in [0.25, 0.3) is 0 Å². The van der Waals surface area contributed by atoms with Gasteiger partial charge >= 0.3 is 5.97 Å². The first-order valence-electron chi connectivity index (χ1n) is 8.03. The van der Waals surface area contributed by atoms with Gasteiger partial charge in [0.2, 0.25) is 5.91 Å². The average Bonchev–Trinajstić information content (AvgIpc) is 3.10. The lowest BCUT2D eigenvalue weighted by atomic mass is 10.2. The topological polar surface area (TPSA) is 99.9 Å². The van der Waals surface area contributed by atoms with E-state index in [0.717, 1.165) is 12.8 Å². The SMILES string of the molecule is CCc1oc(C(=O)N2CSCC2C(=O)NCC2CC2)cc1C(=O)O. The number of carbonyl (C=O) groups excluding carboxylic acids is 2. The molecule has 1 aliphatic heterocycles. The van der Waals surface area contributed by atoms with Crippen LogP contribution in [-0.4, -0.2) is 52.0 Å². The molecule has 0 bridgehead atoms. The number of hydrogen-bond donors (Lipinski definition) is 2. The van der Waals surface area contributed by atoms with Crippen molar-refractivity contribution in [3.05, 3.63) is 23.2 Å². The summed E-state index contributed by atoms with van der Waals surface area (Å²) in [4.78, 5) is 37.6. The molecule has 2 amide bonds. The van der Waals surface area contributed by atoms with Crippen molar-refractivity contribution in [3.63, 3.8) is 0 Å². The number of carboxylic acids is 1. The first-order chi connectivity index (χ1) is 11.5. The molecule has 1 unspecified atom stereocenters. The van der Waals surface area contributed by atoms with E-state index in [9.17, 15) is 19.5 Å². The fourth-order valence-corrected chi connectivity index (χ4v) is 3.82. The molecule has 2 N–H and O–H groups in total. The van der Waals surface area contributed by atoms with Crippen LogP contribution in [-0.2, 0) is 11.2 Å². The molecule has 24 heavy (non-hydrogen) atoms. The highest BCUT2D eigenvalue weighted by molar-refractivity contribution is 7.99. The van der Waals surface area contributed by atoms with E-state index in [0.29, 0.717) is 30.5 Å². The molecule has 1 saturated carbocycles. The molecule has 1 aromatic rings. The molecule has 1 atom stereocenters. The molecule has 1 aromatic heterocycles. The second-order valence-corrected chi connectivity index (χ2v) is 7.09. The second-order valence-electron chi connectivity index (χ2n) is 6.09. The fourth-order valence-electron chi connectivity index (χ4n) is 2.66. The van der Waals surface area contributed by atoms with Crippen LogP contribution in [0.3, 0.4) is 0 Å². The second kappa shape index (κ2) is 6.88. The minimum absolute atomic E-state index is 0.00225. The number of aryl methyl sites for hydroxylation is 1. The lowest BCUT2D eigenvalue weighted by Gasteiger charge is -2.22. The van der Waals surface area contributed by atoms with Gasteiger partial charge in [0.25, 0.3) is 5.91 Å². The van der Waals surface area contributed by atoms with E-state index < -0.39 is 17.9 Å². The molecule has 2 fully saturated rings. The predicted molar refractivity (Wildman–Crippen MR) is 88.1 cm³/mol. The minimum Gasteiger partial charge on any atom is -0.478 e. The molecular weight excluding hydrogens is 332 g/mol. The normalized spacial score (nSPS) is 20.2. The predicted octanol–water partition coefficient (Wildman–Crippen LogP) is 1.58. The van der Waals surface area contributed by atoms with Crippen LogP contribution in [0.5, 0.6) is 0 Å². The molecule has 130 valence electrons. The van der Waals surface area contributed by atoms with Crippen LogP contribution in [0.4, 0.5) is 0 Å². The number of thioether (sulfide) groups is 1. The molecular formula is C16H20N2O5S. The van der Waals surface area contributed by atoms with Gasteiger partial charge in [-0.2, -0.15) is 0 Å². The van der Waals surface area contributed by atoms with Crippen molar-refractivity contribution in [2.24, 2.45) is 5.92 Å². The number of nitrogens with one attached hydrogen (secondary N) is 1. The maximum atomic E-state index is 12.7. The van der Waals surface area contributed by atoms with Crippen LogP contribution in [0.1, 0.15) is 46.4 Å². The maximum absolute atomic E-state index is 12.7. The Morgan fingerprint density at radius 3 is 2.75 bits per heavy atom. The summed E-state index contributed by atoms with van der Waals surface area (Å²) >= 11 is 1.50. The number of aromatic carboxylic acids is 1. The number of furan rings is 1. The Labute approximate surface area is 143 Å². The fraction of sp³-hybridized carbons (Fsp3) is 0.562. The summed E-state index contributed by atoms with van der Waals surface area (Å²) in [6, 6.07) is 0.718. The van der Waals surface area contributed by atoms with Gasteiger partial charge in [-0.05, 0) is 18.8 Å². The van der Waals surface area contributed by atoms with Gasteiger partial charge < -0.3 is 19.7 Å². The highest BCUT2D eigenvalue weighted by atomic mass is 32.2. The molecule has 1 aliphatic carbocycles. The van der Waals surface area contributed by atoms with E-state index in [1.54, 1.807) is 6.92 Å². The van der Waals surface area contributed by atoms with Gasteiger partial charge in [-0.1, -0.05) is 6.92 Å². The van der Waals surface area contributed by atoms with E-state index in [4.69, 9.17) is 4.42 Å². The Balaban J connectivity index is 1.72. The highest BCUT2D eigenvalue weighted by Gasteiger charge is 2.37. The zero-order valence-electron chi connectivity index (χ0n) is 13.4. The van der Waals surface area contributed by atoms with Gasteiger partial charge in [0.05, 0.1) is 5.88 Å². The van der Waals surface area contributed by atoms with Gasteiger partial charge in [0.15, 0.2) is 5.76 Å². The first kappa shape index (κ1) is 16.9. The zero-order chi connectivity index (χ0) is 17.3. The van der Waals surface area contributed by atoms with Crippen LogP contribution in [0.2, 0.25) is 0 Å². The molecule has 8 heteroatoms. The van der Waals surface area contributed by atoms with E-state index in [-0.39, 0.29) is 23.0 Å². The number of rotatable bonds is 6. The number of carboxylic acid groups (broad SMARTS) is 1. The molecule has 0 spiro atoms. The van der Waals surface area contributed by atoms with Crippen molar-refractivity contribution >= 4 is 29.5 Å². The Kier molecular flexibility index (Phi) is 4.84. The Morgan fingerprint density at radius 2 is 2.17 bits per heavy atom. The van der Waals surface area contributed by atoms with Gasteiger partial charge in [0, 0.05) is 24.8 Å². The largest absolute Gasteiger partial charge is 0.478 e. The summed E-state index contributed by atoms with van der Waals surface area (Å²) < 4.78 is 5.42. The Hall–Kier alpha value is -1.96. The van der Waals surface area contributed by atoms with Crippen LogP contribution >= 0.6 is 11.8 Å². The standard InChI is InChI=1S/C16H20N2O5S/c1-2-12-10(16(21)22)5-13(23-12)15(20)18-8-24-7-11(18)14(19)17-6-9-3-4-9/h5,9,11H,2-4,6-8H2,1H3,(H,17,19)(H,21,22). The van der Waals surface area contributed by atoms with Crippen LogP contribution in [0.15, 0.2) is 10.5 Å². The number of nitrogens with zero attached hydrogens (tertiary/aromatic N) is 1. The van der Waals surface area contributed by atoms with Gasteiger partial charge in [-0.15, -0.1) is 11.8 Å². The minimum atomic E-state index is -1.12. The smallest absolute Gasteiger partial charge is 0.339 e. The zero-order valence-corrected chi connectivity index (χ0v) is 14.2. The van der Waals surface area contributed by atoms with E-state index in [2.05, 4.69) is 5.32 Å². The third kappa shape index (κ3) is 3.43. The summed E-state index contributed by atoms with van der Waals surface area (Å²) in [6.07, 6.45) is 2.67. The Morgan fingerprint density at radius 1 is 1.42 bits per heavy atom. The lowest BCUT2D eigenvalue weighted by molar-refractivity contribution is -0.124. The first-order valence-corrected chi connectivity index (χ1v) is 9.19. The highest BCUT2D eigenvalue weighted by Crippen LogP contribution is 2.29. The molecule has 0 aromatic carbocycles. The van der Waals surface area contributed by atoms with Crippen molar-refractivity contribution in [1.82, 2.24) is 10.2 Å². The third-order valence-corrected chi connectivity index (χ3v) is 5.29. The van der Waals surface area contributed by atoms with Crippen molar-refractivity contribution in [2.45, 2.75) is 32.2 Å². The maximum Gasteiger partial charge on any atom is 0.339 e. The third-order valence-electron chi connectivity index (χ3n) is 4.28. The summed E-state index contributed by atoms with van der Waals surface area (Å²) in [6.45, 7) is 2.42. The van der Waals surface area contributed by atoms with Crippen molar-refractivity contribution < 1.29 is 23.9 Å². The van der Waals surface area contributed by atoms with Gasteiger partial charge in [-0.25, -0.2) is 4.79 Å². The average molecular weight is 352 g/mol. The summed E-state index contributed by atoms with van der Waals surface area (Å²) in [5, 5.41) is 12.1. The van der Waals surface area contributed by atoms with Gasteiger partial charge in [0.1, 0.15) is 17.4 Å². The van der Waals surface area contributed by atoms with Crippen molar-refractivity contribution in [3.8, 4) is 0 Å². The molecule has 2 heterocycles. The summed E-state index contributed by atoms with van der Waals surface area (Å²) in [5.41, 5.74) is 0.00225. The molecule has 3 rings (SSSR count). The van der Waals surface area contributed by atoms with Crippen LogP contribution < -0.4 is 5.32 Å². The van der Waals surface area contributed by atoms with E-state index in [1.165, 1.54) is 22.7 Å². The monoisotopic (exact) mass is 352 g/mol. The number of carbonyl (C=O) groups is 3. The summed E-state index contributed by atoms with van der Waals surface area (Å²) in [5.74, 6) is 0.0425. The van der Waals surface area contributed by atoms with Crippen LogP contribution in [0, 0.1) is 5.92 Å². The van der Waals surface area contributed by atoms with Crippen molar-refractivity contribution in [2.75, 3.05) is 18.2 Å². The van der Waals surface area contributed by atoms with E-state index >= 15 is 0 Å². The molecule has 1 saturated heterocycles. The van der Waals surface area contributed by atoms with Crippen molar-refractivity contribution in [1.29, 1.82) is 0 Å². The molecule has 7 nitrogen and oxygen atoms in total. The molecule has 2 aliphatic rings. The quantitative estimate of drug-likeness (QED) is 0.806. The Bertz CT molecular complexity index is 667. The summed E-state index contributed by atoms with van der Waals surface area (Å²) in [7, 11) is 0. The van der Waals surface area contributed by atoms with E-state index in [1.807, 2.05) is 0 Å².